The van der Waals surface area contributed by atoms with Crippen molar-refractivity contribution in [2.75, 3.05) is 0 Å². The number of thiophene rings is 1. The quantitative estimate of drug-likeness (QED) is 0.906. The average molecular weight is 295 g/mol. The number of amides is 1. The molecule has 0 saturated carbocycles. The molecule has 1 aromatic heterocycles. The number of nitrogens with one attached hydrogen (secondary N) is 1. The Kier molecular flexibility index (Phi) is 4.18. The van der Waals surface area contributed by atoms with E-state index in [9.17, 15) is 13.6 Å². The molecule has 0 radical (unpaired) electrons. The second-order valence-electron chi connectivity index (χ2n) is 4.71. The first kappa shape index (κ1) is 14.7. The van der Waals surface area contributed by atoms with Crippen LogP contribution in [0.3, 0.4) is 0 Å². The summed E-state index contributed by atoms with van der Waals surface area (Å²) in [4.78, 5) is 13.7. The first-order valence-electron chi connectivity index (χ1n) is 6.21. The van der Waals surface area contributed by atoms with Crippen LogP contribution in [-0.2, 0) is 0 Å². The van der Waals surface area contributed by atoms with Crippen LogP contribution in [0, 0.1) is 25.5 Å². The van der Waals surface area contributed by atoms with Crippen molar-refractivity contribution in [2.45, 2.75) is 26.8 Å². The van der Waals surface area contributed by atoms with Crippen LogP contribution < -0.4 is 5.32 Å². The van der Waals surface area contributed by atoms with Crippen LogP contribution in [-0.4, -0.2) is 5.91 Å². The minimum absolute atomic E-state index is 0.248. The molecule has 0 aliphatic carbocycles. The zero-order valence-corrected chi connectivity index (χ0v) is 12.3. The van der Waals surface area contributed by atoms with Crippen LogP contribution in [0.4, 0.5) is 8.78 Å². The van der Waals surface area contributed by atoms with E-state index in [4.69, 9.17) is 0 Å². The number of carbonyl (C=O) groups excluding carboxylic acids is 1. The second-order valence-corrected chi connectivity index (χ2v) is 5.97. The van der Waals surface area contributed by atoms with E-state index in [-0.39, 0.29) is 11.5 Å². The highest BCUT2D eigenvalue weighted by molar-refractivity contribution is 7.14. The molecule has 1 amide bonds. The zero-order chi connectivity index (χ0) is 14.9. The summed E-state index contributed by atoms with van der Waals surface area (Å²) in [7, 11) is 0. The topological polar surface area (TPSA) is 29.1 Å². The maximum atomic E-state index is 13.6. The maximum absolute atomic E-state index is 13.6. The molecule has 1 N–H and O–H groups in total. The Balaban J connectivity index is 2.14. The van der Waals surface area contributed by atoms with Crippen LogP contribution in [0.15, 0.2) is 24.3 Å². The summed E-state index contributed by atoms with van der Waals surface area (Å²) in [6.07, 6.45) is 0. The molecule has 0 bridgehead atoms. The van der Waals surface area contributed by atoms with Crippen molar-refractivity contribution in [3.8, 4) is 0 Å². The Morgan fingerprint density at radius 1 is 1.25 bits per heavy atom. The van der Waals surface area contributed by atoms with Crippen LogP contribution in [0.25, 0.3) is 0 Å². The number of carbonyl (C=O) groups is 1. The summed E-state index contributed by atoms with van der Waals surface area (Å²) in [5.41, 5.74) is 1.32. The number of halogens is 2. The van der Waals surface area contributed by atoms with Gasteiger partial charge in [-0.1, -0.05) is 6.07 Å². The van der Waals surface area contributed by atoms with E-state index in [1.165, 1.54) is 23.5 Å². The Morgan fingerprint density at radius 2 is 1.95 bits per heavy atom. The van der Waals surface area contributed by atoms with Crippen molar-refractivity contribution in [2.24, 2.45) is 0 Å². The summed E-state index contributed by atoms with van der Waals surface area (Å²) in [5.74, 6) is -1.53. The lowest BCUT2D eigenvalue weighted by molar-refractivity contribution is 0.0943. The molecule has 0 aliphatic heterocycles. The Labute approximate surface area is 120 Å². The molecular weight excluding hydrogens is 280 g/mol. The van der Waals surface area contributed by atoms with Crippen LogP contribution in [0.5, 0.6) is 0 Å². The lowest BCUT2D eigenvalue weighted by Crippen LogP contribution is -2.26. The molecule has 2 nitrogen and oxygen atoms in total. The third kappa shape index (κ3) is 3.04. The van der Waals surface area contributed by atoms with Crippen molar-refractivity contribution in [1.29, 1.82) is 0 Å². The number of benzene rings is 1. The van der Waals surface area contributed by atoms with Gasteiger partial charge in [0.25, 0.3) is 5.91 Å². The smallest absolute Gasteiger partial charge is 0.261 e. The molecule has 0 aliphatic rings. The SMILES string of the molecule is Cc1cc(C(=O)NC(C)c2ccc(F)cc2F)sc1C. The predicted octanol–water partition coefficient (Wildman–Crippen LogP) is 4.13. The minimum Gasteiger partial charge on any atom is -0.345 e. The van der Waals surface area contributed by atoms with Gasteiger partial charge in [-0.05, 0) is 38.5 Å². The fraction of sp³-hybridized carbons (Fsp3) is 0.267. The predicted molar refractivity (Wildman–Crippen MR) is 76.0 cm³/mol. The molecule has 1 heterocycles. The molecule has 2 rings (SSSR count). The summed E-state index contributed by atoms with van der Waals surface area (Å²) >= 11 is 1.40. The molecular formula is C15H15F2NOS. The first-order chi connectivity index (χ1) is 9.38. The van der Waals surface area contributed by atoms with Crippen LogP contribution in [0.2, 0.25) is 0 Å². The van der Waals surface area contributed by atoms with Gasteiger partial charge in [0.05, 0.1) is 10.9 Å². The Bertz CT molecular complexity index is 632. The van der Waals surface area contributed by atoms with Crippen molar-refractivity contribution >= 4 is 17.2 Å². The van der Waals surface area contributed by atoms with Gasteiger partial charge < -0.3 is 5.32 Å². The summed E-state index contributed by atoms with van der Waals surface area (Å²) in [5, 5.41) is 2.72. The molecule has 1 atom stereocenters. The van der Waals surface area contributed by atoms with Gasteiger partial charge in [-0.25, -0.2) is 8.78 Å². The molecule has 5 heteroatoms. The van der Waals surface area contributed by atoms with E-state index in [0.717, 1.165) is 16.5 Å². The highest BCUT2D eigenvalue weighted by Gasteiger charge is 2.17. The number of aryl methyl sites for hydroxylation is 2. The molecule has 0 fully saturated rings. The van der Waals surface area contributed by atoms with Gasteiger partial charge in [0.2, 0.25) is 0 Å². The van der Waals surface area contributed by atoms with Gasteiger partial charge in [-0.3, -0.25) is 4.79 Å². The Morgan fingerprint density at radius 3 is 2.50 bits per heavy atom. The third-order valence-corrected chi connectivity index (χ3v) is 4.32. The fourth-order valence-corrected chi connectivity index (χ4v) is 2.82. The normalized spacial score (nSPS) is 12.2. The van der Waals surface area contributed by atoms with Crippen molar-refractivity contribution in [3.05, 3.63) is 56.8 Å². The number of hydrogen-bond acceptors (Lipinski definition) is 2. The molecule has 1 aromatic carbocycles. The fourth-order valence-electron chi connectivity index (χ4n) is 1.88. The van der Waals surface area contributed by atoms with Crippen molar-refractivity contribution < 1.29 is 13.6 Å². The first-order valence-corrected chi connectivity index (χ1v) is 7.03. The largest absolute Gasteiger partial charge is 0.345 e. The highest BCUT2D eigenvalue weighted by Crippen LogP contribution is 2.22. The summed E-state index contributed by atoms with van der Waals surface area (Å²) in [6.45, 7) is 5.55. The molecule has 0 saturated heterocycles. The van der Waals surface area contributed by atoms with E-state index >= 15 is 0 Å². The maximum Gasteiger partial charge on any atom is 0.261 e. The highest BCUT2D eigenvalue weighted by atomic mass is 32.1. The number of rotatable bonds is 3. The molecule has 20 heavy (non-hydrogen) atoms. The van der Waals surface area contributed by atoms with E-state index in [1.807, 2.05) is 19.9 Å². The summed E-state index contributed by atoms with van der Waals surface area (Å²) in [6, 6.07) is 4.63. The van der Waals surface area contributed by atoms with E-state index < -0.39 is 17.7 Å². The van der Waals surface area contributed by atoms with Gasteiger partial charge >= 0.3 is 0 Å². The van der Waals surface area contributed by atoms with E-state index in [1.54, 1.807) is 6.92 Å². The van der Waals surface area contributed by atoms with Crippen LogP contribution in [0.1, 0.15) is 38.6 Å². The molecule has 1 unspecified atom stereocenters. The molecule has 0 spiro atoms. The van der Waals surface area contributed by atoms with Gasteiger partial charge in [0, 0.05) is 16.5 Å². The van der Waals surface area contributed by atoms with E-state index in [2.05, 4.69) is 5.32 Å². The van der Waals surface area contributed by atoms with Crippen molar-refractivity contribution in [1.82, 2.24) is 5.32 Å². The van der Waals surface area contributed by atoms with Crippen molar-refractivity contribution in [3.63, 3.8) is 0 Å². The lowest BCUT2D eigenvalue weighted by atomic mass is 10.1. The molecule has 106 valence electrons. The summed E-state index contributed by atoms with van der Waals surface area (Å²) < 4.78 is 26.5. The minimum atomic E-state index is -0.656. The standard InChI is InChI=1S/C15H15F2NOS/c1-8-6-14(20-10(8)3)15(19)18-9(2)12-5-4-11(16)7-13(12)17/h4-7,9H,1-3H3,(H,18,19). The van der Waals surface area contributed by atoms with Gasteiger partial charge in [-0.15, -0.1) is 11.3 Å². The van der Waals surface area contributed by atoms with Gasteiger partial charge in [0.1, 0.15) is 11.6 Å². The average Bonchev–Trinajstić information content (AvgIpc) is 2.69. The monoisotopic (exact) mass is 295 g/mol. The zero-order valence-electron chi connectivity index (χ0n) is 11.5. The Hall–Kier alpha value is -1.75. The van der Waals surface area contributed by atoms with Crippen LogP contribution >= 0.6 is 11.3 Å². The third-order valence-electron chi connectivity index (χ3n) is 3.17. The lowest BCUT2D eigenvalue weighted by Gasteiger charge is -2.14. The van der Waals surface area contributed by atoms with Gasteiger partial charge in [-0.2, -0.15) is 0 Å². The van der Waals surface area contributed by atoms with Gasteiger partial charge in [0.15, 0.2) is 0 Å². The molecule has 2 aromatic rings. The number of hydrogen-bond donors (Lipinski definition) is 1. The van der Waals surface area contributed by atoms with E-state index in [0.29, 0.717) is 4.88 Å². The second kappa shape index (κ2) is 5.71.